The predicted molar refractivity (Wildman–Crippen MR) is 88.8 cm³/mol. The van der Waals surface area contributed by atoms with E-state index in [1.807, 2.05) is 19.9 Å². The number of hydrogen-bond donors (Lipinski definition) is 1. The van der Waals surface area contributed by atoms with Crippen LogP contribution in [-0.4, -0.2) is 12.5 Å². The highest BCUT2D eigenvalue weighted by Crippen LogP contribution is 2.25. The van der Waals surface area contributed by atoms with Crippen LogP contribution >= 0.6 is 15.9 Å². The van der Waals surface area contributed by atoms with E-state index in [1.165, 1.54) is 12.1 Å². The van der Waals surface area contributed by atoms with Crippen LogP contribution in [0.4, 0.5) is 10.1 Å². The van der Waals surface area contributed by atoms with Crippen LogP contribution in [0.3, 0.4) is 0 Å². The van der Waals surface area contributed by atoms with Crippen molar-refractivity contribution in [3.05, 3.63) is 58.3 Å². The summed E-state index contributed by atoms with van der Waals surface area (Å²) in [7, 11) is 0. The van der Waals surface area contributed by atoms with Gasteiger partial charge in [0, 0.05) is 10.2 Å². The zero-order valence-corrected chi connectivity index (χ0v) is 14.0. The first-order chi connectivity index (χ1) is 10.5. The molecule has 0 saturated heterocycles. The molecule has 5 heteroatoms. The lowest BCUT2D eigenvalue weighted by Gasteiger charge is -2.13. The summed E-state index contributed by atoms with van der Waals surface area (Å²) in [6.45, 7) is 4.58. The van der Waals surface area contributed by atoms with Crippen molar-refractivity contribution < 1.29 is 13.9 Å². The van der Waals surface area contributed by atoms with Crippen LogP contribution in [0, 0.1) is 11.7 Å². The van der Waals surface area contributed by atoms with Gasteiger partial charge in [0.05, 0.1) is 12.2 Å². The van der Waals surface area contributed by atoms with Crippen molar-refractivity contribution >= 4 is 27.5 Å². The Morgan fingerprint density at radius 3 is 2.73 bits per heavy atom. The maximum Gasteiger partial charge on any atom is 0.259 e. The third kappa shape index (κ3) is 4.56. The van der Waals surface area contributed by atoms with Gasteiger partial charge in [-0.1, -0.05) is 35.8 Å². The Hall–Kier alpha value is -1.88. The fourth-order valence-electron chi connectivity index (χ4n) is 1.83. The maximum absolute atomic E-state index is 13.2. The second kappa shape index (κ2) is 7.40. The highest BCUT2D eigenvalue weighted by Gasteiger charge is 2.14. The van der Waals surface area contributed by atoms with Gasteiger partial charge in [-0.05, 0) is 42.3 Å². The van der Waals surface area contributed by atoms with Gasteiger partial charge >= 0.3 is 0 Å². The second-order valence-electron chi connectivity index (χ2n) is 5.31. The molecule has 0 atom stereocenters. The molecular weight excluding hydrogens is 349 g/mol. The number of carbonyl (C=O) groups is 1. The average molecular weight is 366 g/mol. The highest BCUT2D eigenvalue weighted by molar-refractivity contribution is 9.10. The Bertz CT molecular complexity index is 673. The van der Waals surface area contributed by atoms with E-state index in [0.29, 0.717) is 29.5 Å². The molecule has 1 amide bonds. The molecule has 0 aromatic heterocycles. The number of benzene rings is 2. The van der Waals surface area contributed by atoms with E-state index in [4.69, 9.17) is 4.74 Å². The third-order valence-corrected chi connectivity index (χ3v) is 3.33. The molecule has 1 N–H and O–H groups in total. The lowest BCUT2D eigenvalue weighted by Crippen LogP contribution is -2.15. The normalized spacial score (nSPS) is 10.6. The molecule has 0 unspecified atom stereocenters. The first-order valence-corrected chi connectivity index (χ1v) is 7.74. The molecule has 2 aromatic carbocycles. The summed E-state index contributed by atoms with van der Waals surface area (Å²) < 4.78 is 19.6. The number of nitrogens with one attached hydrogen (secondary N) is 1. The molecule has 0 saturated carbocycles. The minimum absolute atomic E-state index is 0.342. The summed E-state index contributed by atoms with van der Waals surface area (Å²) in [6, 6.07) is 11.0. The van der Waals surface area contributed by atoms with Crippen LogP contribution in [-0.2, 0) is 0 Å². The Kier molecular flexibility index (Phi) is 5.55. The monoisotopic (exact) mass is 365 g/mol. The van der Waals surface area contributed by atoms with Gasteiger partial charge < -0.3 is 10.1 Å². The molecule has 2 aromatic rings. The molecular formula is C17H17BrFNO2. The van der Waals surface area contributed by atoms with Crippen LogP contribution < -0.4 is 10.1 Å². The molecule has 0 aliphatic carbocycles. The number of rotatable bonds is 5. The maximum atomic E-state index is 13.2. The highest BCUT2D eigenvalue weighted by atomic mass is 79.9. The van der Waals surface area contributed by atoms with Crippen molar-refractivity contribution in [1.82, 2.24) is 0 Å². The number of anilines is 1. The average Bonchev–Trinajstić information content (AvgIpc) is 2.45. The predicted octanol–water partition coefficient (Wildman–Crippen LogP) is 4.88. The van der Waals surface area contributed by atoms with Crippen LogP contribution in [0.2, 0.25) is 0 Å². The molecule has 0 radical (unpaired) electrons. The molecule has 0 heterocycles. The summed E-state index contributed by atoms with van der Waals surface area (Å²) >= 11 is 3.35. The van der Waals surface area contributed by atoms with E-state index >= 15 is 0 Å². The zero-order chi connectivity index (χ0) is 16.1. The van der Waals surface area contributed by atoms with E-state index in [0.717, 1.165) is 4.47 Å². The molecule has 0 bridgehead atoms. The lowest BCUT2D eigenvalue weighted by molar-refractivity contribution is 0.102. The van der Waals surface area contributed by atoms with Gasteiger partial charge in [0.2, 0.25) is 0 Å². The Labute approximate surface area is 137 Å². The number of ether oxygens (including phenoxy) is 1. The van der Waals surface area contributed by atoms with Crippen LogP contribution in [0.5, 0.6) is 5.75 Å². The quantitative estimate of drug-likeness (QED) is 0.820. The van der Waals surface area contributed by atoms with E-state index in [1.54, 1.807) is 24.3 Å². The molecule has 2 rings (SSSR count). The smallest absolute Gasteiger partial charge is 0.259 e. The van der Waals surface area contributed by atoms with E-state index in [2.05, 4.69) is 21.2 Å². The minimum Gasteiger partial charge on any atom is -0.492 e. The largest absolute Gasteiger partial charge is 0.492 e. The van der Waals surface area contributed by atoms with Crippen molar-refractivity contribution in [2.75, 3.05) is 11.9 Å². The number of carbonyl (C=O) groups excluding carboxylic acids is 1. The molecule has 0 aliphatic rings. The molecule has 22 heavy (non-hydrogen) atoms. The first kappa shape index (κ1) is 16.5. The number of hydrogen-bond acceptors (Lipinski definition) is 2. The van der Waals surface area contributed by atoms with Gasteiger partial charge in [-0.15, -0.1) is 0 Å². The van der Waals surface area contributed by atoms with Crippen molar-refractivity contribution in [2.24, 2.45) is 5.92 Å². The molecule has 0 fully saturated rings. The second-order valence-corrected chi connectivity index (χ2v) is 6.23. The summed E-state index contributed by atoms with van der Waals surface area (Å²) in [4.78, 5) is 12.4. The van der Waals surface area contributed by atoms with Crippen LogP contribution in [0.1, 0.15) is 24.2 Å². The topological polar surface area (TPSA) is 38.3 Å². The fraction of sp³-hybridized carbons (Fsp3) is 0.235. The molecule has 0 aliphatic heterocycles. The first-order valence-electron chi connectivity index (χ1n) is 6.95. The third-order valence-electron chi connectivity index (χ3n) is 2.84. The van der Waals surface area contributed by atoms with Gasteiger partial charge in [0.15, 0.2) is 0 Å². The van der Waals surface area contributed by atoms with Crippen molar-refractivity contribution in [2.45, 2.75) is 13.8 Å². The van der Waals surface area contributed by atoms with Gasteiger partial charge in [-0.25, -0.2) is 4.39 Å². The van der Waals surface area contributed by atoms with Crippen LogP contribution in [0.25, 0.3) is 0 Å². The Balaban J connectivity index is 2.22. The Morgan fingerprint density at radius 2 is 2.05 bits per heavy atom. The van der Waals surface area contributed by atoms with Gasteiger partial charge in [0.25, 0.3) is 5.91 Å². The van der Waals surface area contributed by atoms with Crippen molar-refractivity contribution in [3.8, 4) is 5.75 Å². The Morgan fingerprint density at radius 1 is 1.27 bits per heavy atom. The lowest BCUT2D eigenvalue weighted by atomic mass is 10.1. The van der Waals surface area contributed by atoms with Gasteiger partial charge in [-0.2, -0.15) is 0 Å². The summed E-state index contributed by atoms with van der Waals surface area (Å²) in [5.74, 6) is 0.113. The SMILES string of the molecule is CC(C)COc1ccc(Br)cc1C(=O)Nc1cccc(F)c1. The van der Waals surface area contributed by atoms with E-state index in [9.17, 15) is 9.18 Å². The summed E-state index contributed by atoms with van der Waals surface area (Å²) in [6.07, 6.45) is 0. The van der Waals surface area contributed by atoms with Crippen LogP contribution in [0.15, 0.2) is 46.9 Å². The minimum atomic E-state index is -0.400. The molecule has 3 nitrogen and oxygen atoms in total. The molecule has 116 valence electrons. The van der Waals surface area contributed by atoms with E-state index in [-0.39, 0.29) is 5.91 Å². The number of amides is 1. The summed E-state index contributed by atoms with van der Waals surface area (Å²) in [5, 5.41) is 2.67. The van der Waals surface area contributed by atoms with Gasteiger partial charge in [-0.3, -0.25) is 4.79 Å². The standard InChI is InChI=1S/C17H17BrFNO2/c1-11(2)10-22-16-7-6-12(18)8-15(16)17(21)20-14-5-3-4-13(19)9-14/h3-9,11H,10H2,1-2H3,(H,20,21). The number of halogens is 2. The zero-order valence-electron chi connectivity index (χ0n) is 12.4. The van der Waals surface area contributed by atoms with E-state index < -0.39 is 5.82 Å². The van der Waals surface area contributed by atoms with Gasteiger partial charge in [0.1, 0.15) is 11.6 Å². The van der Waals surface area contributed by atoms with Crippen molar-refractivity contribution in [3.63, 3.8) is 0 Å². The van der Waals surface area contributed by atoms with Crippen molar-refractivity contribution in [1.29, 1.82) is 0 Å². The molecule has 0 spiro atoms. The fourth-order valence-corrected chi connectivity index (χ4v) is 2.19. The summed E-state index contributed by atoms with van der Waals surface area (Å²) in [5.41, 5.74) is 0.805.